The van der Waals surface area contributed by atoms with Gasteiger partial charge in [0.1, 0.15) is 12.1 Å². The van der Waals surface area contributed by atoms with Gasteiger partial charge in [-0.05, 0) is 59.7 Å². The van der Waals surface area contributed by atoms with Gasteiger partial charge in [-0.1, -0.05) is 12.1 Å². The predicted octanol–water partition coefficient (Wildman–Crippen LogP) is 4.31. The van der Waals surface area contributed by atoms with E-state index in [-0.39, 0.29) is 5.82 Å². The lowest BCUT2D eigenvalue weighted by atomic mass is 9.98. The molecule has 28 heavy (non-hydrogen) atoms. The molecule has 2 aromatic heterocycles. The first-order valence-electron chi connectivity index (χ1n) is 8.60. The molecule has 6 heteroatoms. The number of halogens is 1. The summed E-state index contributed by atoms with van der Waals surface area (Å²) in [6.45, 7) is 0. The maximum Gasteiger partial charge on any atom is 0.123 e. The standard InChI is InChI=1S/C22H16FN5/c23-16-7-4-14(5-8-16)21(25)18(12-24)15-6-9-19-17(11-15)22(28-13-27-19)20-3-1-2-10-26-20/h1-13,24H,25H2. The number of nitrogens with two attached hydrogens (primary N) is 1. The summed E-state index contributed by atoms with van der Waals surface area (Å²) in [5.74, 6) is -0.337. The van der Waals surface area contributed by atoms with Crippen LogP contribution in [0.4, 0.5) is 4.39 Å². The van der Waals surface area contributed by atoms with Crippen molar-refractivity contribution in [2.24, 2.45) is 5.73 Å². The van der Waals surface area contributed by atoms with E-state index in [0.717, 1.165) is 22.2 Å². The molecule has 3 N–H and O–H groups in total. The highest BCUT2D eigenvalue weighted by Crippen LogP contribution is 2.28. The minimum absolute atomic E-state index is 0.337. The van der Waals surface area contributed by atoms with Crippen molar-refractivity contribution in [1.29, 1.82) is 5.41 Å². The zero-order chi connectivity index (χ0) is 19.5. The number of allylic oxidation sites excluding steroid dienone is 1. The van der Waals surface area contributed by atoms with Gasteiger partial charge in [-0.25, -0.2) is 14.4 Å². The second-order valence-electron chi connectivity index (χ2n) is 6.15. The van der Waals surface area contributed by atoms with Gasteiger partial charge in [0.05, 0.1) is 16.9 Å². The van der Waals surface area contributed by atoms with Crippen molar-refractivity contribution in [3.8, 4) is 11.4 Å². The lowest BCUT2D eigenvalue weighted by Crippen LogP contribution is -2.03. The Morgan fingerprint density at radius 2 is 1.71 bits per heavy atom. The summed E-state index contributed by atoms with van der Waals surface area (Å²) in [7, 11) is 0. The first-order valence-corrected chi connectivity index (χ1v) is 8.60. The average Bonchev–Trinajstić information content (AvgIpc) is 2.75. The number of nitrogens with zero attached hydrogens (tertiary/aromatic N) is 3. The summed E-state index contributed by atoms with van der Waals surface area (Å²) in [5.41, 5.74) is 10.8. The smallest absolute Gasteiger partial charge is 0.123 e. The maximum atomic E-state index is 13.2. The van der Waals surface area contributed by atoms with Gasteiger partial charge in [0.15, 0.2) is 0 Å². The normalized spacial score (nSPS) is 11.9. The minimum atomic E-state index is -0.337. The highest BCUT2D eigenvalue weighted by molar-refractivity contribution is 6.18. The first kappa shape index (κ1) is 17.5. The number of pyridine rings is 1. The molecule has 0 aliphatic heterocycles. The zero-order valence-corrected chi connectivity index (χ0v) is 14.8. The van der Waals surface area contributed by atoms with Crippen LogP contribution in [0.15, 0.2) is 73.2 Å². The Morgan fingerprint density at radius 3 is 2.43 bits per heavy atom. The van der Waals surface area contributed by atoms with Gasteiger partial charge in [-0.3, -0.25) is 4.98 Å². The molecule has 0 saturated heterocycles. The second kappa shape index (κ2) is 7.36. The third-order valence-electron chi connectivity index (χ3n) is 4.44. The van der Waals surface area contributed by atoms with Gasteiger partial charge in [0.25, 0.3) is 0 Å². The minimum Gasteiger partial charge on any atom is -0.398 e. The van der Waals surface area contributed by atoms with E-state index in [0.29, 0.717) is 22.5 Å². The summed E-state index contributed by atoms with van der Waals surface area (Å²) in [4.78, 5) is 13.1. The van der Waals surface area contributed by atoms with Crippen LogP contribution in [0, 0.1) is 11.2 Å². The van der Waals surface area contributed by atoms with E-state index in [2.05, 4.69) is 15.0 Å². The number of fused-ring (bicyclic) bond motifs is 1. The molecule has 0 saturated carbocycles. The number of rotatable bonds is 4. The van der Waals surface area contributed by atoms with Crippen LogP contribution in [0.1, 0.15) is 11.1 Å². The van der Waals surface area contributed by atoms with E-state index in [4.69, 9.17) is 11.1 Å². The third kappa shape index (κ3) is 3.23. The molecular formula is C22H16FN5. The molecular weight excluding hydrogens is 353 g/mol. The Balaban J connectivity index is 1.90. The van der Waals surface area contributed by atoms with Crippen LogP contribution < -0.4 is 5.73 Å². The Kier molecular flexibility index (Phi) is 4.60. The number of hydrogen-bond acceptors (Lipinski definition) is 5. The molecule has 0 radical (unpaired) electrons. The molecule has 0 atom stereocenters. The Morgan fingerprint density at radius 1 is 0.929 bits per heavy atom. The number of hydrogen-bond donors (Lipinski definition) is 2. The molecule has 136 valence electrons. The van der Waals surface area contributed by atoms with Crippen molar-refractivity contribution in [2.45, 2.75) is 0 Å². The molecule has 0 bridgehead atoms. The van der Waals surface area contributed by atoms with E-state index < -0.39 is 0 Å². The van der Waals surface area contributed by atoms with Crippen LogP contribution in [-0.2, 0) is 0 Å². The molecule has 0 aliphatic carbocycles. The summed E-state index contributed by atoms with van der Waals surface area (Å²) in [6.07, 6.45) is 4.42. The average molecular weight is 369 g/mol. The van der Waals surface area contributed by atoms with E-state index >= 15 is 0 Å². The van der Waals surface area contributed by atoms with E-state index in [1.165, 1.54) is 24.7 Å². The fourth-order valence-corrected chi connectivity index (χ4v) is 3.03. The van der Waals surface area contributed by atoms with Crippen LogP contribution in [0.5, 0.6) is 0 Å². The molecule has 4 rings (SSSR count). The van der Waals surface area contributed by atoms with Gasteiger partial charge in [-0.15, -0.1) is 0 Å². The van der Waals surface area contributed by atoms with Crippen LogP contribution in [0.3, 0.4) is 0 Å². The number of benzene rings is 2. The molecule has 5 nitrogen and oxygen atoms in total. The topological polar surface area (TPSA) is 88.5 Å². The Labute approximate surface area is 160 Å². The van der Waals surface area contributed by atoms with Gasteiger partial charge in [0.2, 0.25) is 0 Å². The van der Waals surface area contributed by atoms with E-state index in [1.807, 2.05) is 36.4 Å². The molecule has 0 amide bonds. The second-order valence-corrected chi connectivity index (χ2v) is 6.15. The fraction of sp³-hybridized carbons (Fsp3) is 0. The SMILES string of the molecule is N=CC(=C(N)c1ccc(F)cc1)c1ccc2ncnc(-c3ccccn3)c2c1. The lowest BCUT2D eigenvalue weighted by molar-refractivity contribution is 0.627. The van der Waals surface area contributed by atoms with Crippen molar-refractivity contribution in [2.75, 3.05) is 0 Å². The van der Waals surface area contributed by atoms with Crippen molar-refractivity contribution in [3.63, 3.8) is 0 Å². The number of nitrogens with one attached hydrogen (secondary N) is 1. The quantitative estimate of drug-likeness (QED) is 0.414. The van der Waals surface area contributed by atoms with Crippen LogP contribution in [0.2, 0.25) is 0 Å². The first-order chi connectivity index (χ1) is 13.7. The monoisotopic (exact) mass is 369 g/mol. The van der Waals surface area contributed by atoms with Gasteiger partial charge >= 0.3 is 0 Å². The zero-order valence-electron chi connectivity index (χ0n) is 14.8. The van der Waals surface area contributed by atoms with Crippen LogP contribution in [-0.4, -0.2) is 21.2 Å². The molecule has 2 heterocycles. The molecule has 0 aliphatic rings. The van der Waals surface area contributed by atoms with E-state index in [9.17, 15) is 4.39 Å². The Bertz CT molecular complexity index is 1180. The van der Waals surface area contributed by atoms with Crippen molar-refractivity contribution in [3.05, 3.63) is 90.1 Å². The maximum absolute atomic E-state index is 13.2. The molecule has 0 spiro atoms. The van der Waals surface area contributed by atoms with Crippen molar-refractivity contribution >= 4 is 28.4 Å². The highest BCUT2D eigenvalue weighted by Gasteiger charge is 2.12. The predicted molar refractivity (Wildman–Crippen MR) is 109 cm³/mol. The summed E-state index contributed by atoms with van der Waals surface area (Å²) < 4.78 is 13.2. The van der Waals surface area contributed by atoms with Gasteiger partial charge in [-0.2, -0.15) is 0 Å². The lowest BCUT2D eigenvalue weighted by Gasteiger charge is -2.11. The third-order valence-corrected chi connectivity index (χ3v) is 4.44. The van der Waals surface area contributed by atoms with E-state index in [1.54, 1.807) is 18.3 Å². The molecule has 4 aromatic rings. The van der Waals surface area contributed by atoms with Crippen LogP contribution in [0.25, 0.3) is 33.6 Å². The molecule has 2 aromatic carbocycles. The van der Waals surface area contributed by atoms with Crippen LogP contribution >= 0.6 is 0 Å². The highest BCUT2D eigenvalue weighted by atomic mass is 19.1. The fourth-order valence-electron chi connectivity index (χ4n) is 3.03. The van der Waals surface area contributed by atoms with Crippen molar-refractivity contribution < 1.29 is 4.39 Å². The largest absolute Gasteiger partial charge is 0.398 e. The number of aromatic nitrogens is 3. The summed E-state index contributed by atoms with van der Waals surface area (Å²) >= 11 is 0. The van der Waals surface area contributed by atoms with Crippen molar-refractivity contribution in [1.82, 2.24) is 15.0 Å². The summed E-state index contributed by atoms with van der Waals surface area (Å²) in [5, 5.41) is 8.67. The Hall–Kier alpha value is -3.93. The van der Waals surface area contributed by atoms with Gasteiger partial charge < -0.3 is 11.1 Å². The summed E-state index contributed by atoms with van der Waals surface area (Å²) in [6, 6.07) is 17.1. The molecule has 0 fully saturated rings. The molecule has 0 unspecified atom stereocenters. The van der Waals surface area contributed by atoms with Gasteiger partial charge in [0, 0.05) is 29.1 Å².